The Labute approximate surface area is 350 Å². The maximum atomic E-state index is 9.41. The minimum atomic E-state index is -0.323. The quantitative estimate of drug-likeness (QED) is 0.156. The summed E-state index contributed by atoms with van der Waals surface area (Å²) in [5.41, 5.74) is 12.1. The number of pyridine rings is 2. The van der Waals surface area contributed by atoms with Gasteiger partial charge in [0, 0.05) is 17.3 Å². The summed E-state index contributed by atoms with van der Waals surface area (Å²) in [7, 11) is 0. The third-order valence-corrected chi connectivity index (χ3v) is 12.4. The summed E-state index contributed by atoms with van der Waals surface area (Å²) in [4.78, 5) is 10.0. The predicted molar refractivity (Wildman–Crippen MR) is 242 cm³/mol. The maximum absolute atomic E-state index is 9.41. The number of aromatic nitrogens is 6. The number of rotatable bonds is 8. The van der Waals surface area contributed by atoms with Crippen LogP contribution in [-0.4, -0.2) is 48.1 Å². The molecule has 1 atom stereocenters. The summed E-state index contributed by atoms with van der Waals surface area (Å²) < 4.78 is 0.789. The first-order chi connectivity index (χ1) is 25.0. The molecule has 0 unspecified atom stereocenters. The highest BCUT2D eigenvalue weighted by Crippen LogP contribution is 2.45. The molecule has 294 valence electrons. The van der Waals surface area contributed by atoms with Gasteiger partial charge >= 0.3 is 0 Å². The van der Waals surface area contributed by atoms with E-state index in [0.717, 1.165) is 53.3 Å². The van der Waals surface area contributed by atoms with Gasteiger partial charge in [-0.25, -0.2) is 9.97 Å². The predicted octanol–water partition coefficient (Wildman–Crippen LogP) is 12.2. The average molecular weight is 863 g/mol. The molecule has 2 fully saturated rings. The minimum Gasteiger partial charge on any atom is -0.393 e. The standard InChI is InChI=1S/C23H30N4OS.C19H20BrN3S.CH4.H2S/c1-13-10-19(21-26-27-22(29-21)24-9-8-14(2)28)25-20-17(13)11-16(15-6-7-15)12-18(20)23(3,4)5;1-10-7-15(17-22-23-18(20)24-17)21-16-13(10)8-12(11-5-6-11)9-14(16)19(2,3)4;;/h10-12,14-15,28H,6-9H2,1-5H3,(H,24,27);7-9,11H,5-6H2,1-4H3;1H4;1H2/t14-;;;/m0.../s1. The van der Waals surface area contributed by atoms with Crippen LogP contribution in [0.1, 0.15) is 133 Å². The zero-order valence-corrected chi connectivity index (χ0v) is 37.0. The van der Waals surface area contributed by atoms with E-state index in [1.54, 1.807) is 6.92 Å². The lowest BCUT2D eigenvalue weighted by Gasteiger charge is -2.23. The van der Waals surface area contributed by atoms with Gasteiger partial charge in [0.25, 0.3) is 0 Å². The van der Waals surface area contributed by atoms with E-state index >= 15 is 0 Å². The fourth-order valence-corrected chi connectivity index (χ4v) is 8.59. The first kappa shape index (κ1) is 43.1. The smallest absolute Gasteiger partial charge is 0.206 e. The second kappa shape index (κ2) is 16.8. The van der Waals surface area contributed by atoms with Crippen molar-refractivity contribution in [2.24, 2.45) is 0 Å². The number of hydrogen-bond acceptors (Lipinski definition) is 10. The third kappa shape index (κ3) is 9.93. The van der Waals surface area contributed by atoms with Gasteiger partial charge in [0.15, 0.2) is 13.9 Å². The van der Waals surface area contributed by atoms with E-state index in [9.17, 15) is 5.11 Å². The molecule has 4 heterocycles. The van der Waals surface area contributed by atoms with Crippen molar-refractivity contribution in [2.45, 2.75) is 131 Å². The summed E-state index contributed by atoms with van der Waals surface area (Å²) >= 11 is 6.42. The van der Waals surface area contributed by atoms with E-state index in [0.29, 0.717) is 13.0 Å². The van der Waals surface area contributed by atoms with Gasteiger partial charge in [-0.2, -0.15) is 13.5 Å². The van der Waals surface area contributed by atoms with E-state index in [2.05, 4.69) is 133 Å². The largest absolute Gasteiger partial charge is 0.393 e. The Kier molecular flexibility index (Phi) is 13.2. The Balaban J connectivity index is 0.000000207. The highest BCUT2D eigenvalue weighted by molar-refractivity contribution is 9.11. The van der Waals surface area contributed by atoms with Crippen LogP contribution >= 0.6 is 52.1 Å². The zero-order chi connectivity index (χ0) is 37.8. The van der Waals surface area contributed by atoms with Gasteiger partial charge in [0.2, 0.25) is 5.13 Å². The number of aliphatic hydroxyl groups is 1. The Morgan fingerprint density at radius 1 is 0.727 bits per heavy atom. The molecule has 0 amide bonds. The van der Waals surface area contributed by atoms with Crippen LogP contribution in [0.2, 0.25) is 0 Å². The van der Waals surface area contributed by atoms with Crippen molar-refractivity contribution < 1.29 is 5.11 Å². The van der Waals surface area contributed by atoms with Crippen LogP contribution in [0.25, 0.3) is 43.2 Å². The van der Waals surface area contributed by atoms with Gasteiger partial charge in [-0.05, 0) is 149 Å². The molecule has 2 aliphatic carbocycles. The molecule has 0 saturated heterocycles. The lowest BCUT2D eigenvalue weighted by Crippen LogP contribution is -2.13. The van der Waals surface area contributed by atoms with Crippen LogP contribution in [0.15, 0.2) is 40.3 Å². The van der Waals surface area contributed by atoms with Crippen molar-refractivity contribution in [3.63, 3.8) is 0 Å². The van der Waals surface area contributed by atoms with Crippen LogP contribution in [0.3, 0.4) is 0 Å². The third-order valence-electron chi connectivity index (χ3n) is 10.1. The van der Waals surface area contributed by atoms with E-state index in [1.165, 1.54) is 92.5 Å². The first-order valence-corrected chi connectivity index (χ1v) is 21.1. The van der Waals surface area contributed by atoms with Crippen molar-refractivity contribution in [3.8, 4) is 21.4 Å². The van der Waals surface area contributed by atoms with Crippen molar-refractivity contribution >= 4 is 79.0 Å². The van der Waals surface area contributed by atoms with Crippen molar-refractivity contribution in [2.75, 3.05) is 11.9 Å². The summed E-state index contributed by atoms with van der Waals surface area (Å²) in [5, 5.41) is 34.5. The number of anilines is 1. The van der Waals surface area contributed by atoms with Gasteiger partial charge in [0.1, 0.15) is 11.4 Å². The lowest BCUT2D eigenvalue weighted by atomic mass is 9.83. The zero-order valence-electron chi connectivity index (χ0n) is 32.8. The van der Waals surface area contributed by atoms with Gasteiger partial charge in [-0.3, -0.25) is 0 Å². The molecule has 2 aliphatic rings. The summed E-state index contributed by atoms with van der Waals surface area (Å²) in [6.07, 6.45) is 5.60. The molecule has 4 aromatic heterocycles. The van der Waals surface area contributed by atoms with Crippen LogP contribution < -0.4 is 5.32 Å². The average Bonchev–Trinajstić information content (AvgIpc) is 4.02. The van der Waals surface area contributed by atoms with Crippen LogP contribution in [-0.2, 0) is 10.8 Å². The van der Waals surface area contributed by atoms with E-state index < -0.39 is 0 Å². The highest BCUT2D eigenvalue weighted by Gasteiger charge is 2.29. The number of aryl methyl sites for hydroxylation is 2. The van der Waals surface area contributed by atoms with Gasteiger partial charge in [0.05, 0.1) is 17.1 Å². The van der Waals surface area contributed by atoms with E-state index in [4.69, 9.17) is 9.97 Å². The number of halogens is 1. The topological polar surface area (TPSA) is 110 Å². The molecular formula is C43H56BrN7OS3. The second-order valence-corrected chi connectivity index (χ2v) is 20.2. The lowest BCUT2D eigenvalue weighted by molar-refractivity contribution is 0.188. The van der Waals surface area contributed by atoms with Gasteiger partial charge in [-0.15, -0.1) is 20.4 Å². The van der Waals surface area contributed by atoms with Crippen LogP contribution in [0, 0.1) is 13.8 Å². The molecule has 2 saturated carbocycles. The number of nitrogens with one attached hydrogen (secondary N) is 1. The van der Waals surface area contributed by atoms with Gasteiger partial charge in [-0.1, -0.05) is 83.8 Å². The molecular weight excluding hydrogens is 807 g/mol. The minimum absolute atomic E-state index is 0. The second-order valence-electron chi connectivity index (χ2n) is 17.0. The van der Waals surface area contributed by atoms with E-state index in [1.807, 2.05) is 0 Å². The summed E-state index contributed by atoms with van der Waals surface area (Å²) in [5.74, 6) is 1.46. The first-order valence-electron chi connectivity index (χ1n) is 18.7. The normalized spacial score (nSPS) is 14.9. The van der Waals surface area contributed by atoms with Gasteiger partial charge < -0.3 is 10.4 Å². The molecule has 12 heteroatoms. The molecule has 2 aromatic carbocycles. The van der Waals surface area contributed by atoms with E-state index in [-0.39, 0.29) is 37.9 Å². The molecule has 55 heavy (non-hydrogen) atoms. The van der Waals surface area contributed by atoms with Crippen LogP contribution in [0.4, 0.5) is 5.13 Å². The highest BCUT2D eigenvalue weighted by atomic mass is 79.9. The van der Waals surface area contributed by atoms with Crippen molar-refractivity contribution in [3.05, 3.63) is 73.7 Å². The number of benzene rings is 2. The number of hydrogen-bond donors (Lipinski definition) is 2. The Hall–Kier alpha value is -3.03. The number of aliphatic hydroxyl groups excluding tert-OH is 1. The molecule has 8 nitrogen and oxygen atoms in total. The molecule has 2 N–H and O–H groups in total. The number of fused-ring (bicyclic) bond motifs is 2. The number of nitrogens with zero attached hydrogens (tertiary/aromatic N) is 6. The molecule has 8 rings (SSSR count). The molecule has 0 radical (unpaired) electrons. The van der Waals surface area contributed by atoms with Crippen molar-refractivity contribution in [1.29, 1.82) is 0 Å². The Bertz CT molecular complexity index is 2300. The Morgan fingerprint density at radius 3 is 1.58 bits per heavy atom. The Morgan fingerprint density at radius 2 is 1.18 bits per heavy atom. The molecule has 0 bridgehead atoms. The fraction of sp³-hybridized carbons (Fsp3) is 0.488. The molecule has 0 aliphatic heterocycles. The monoisotopic (exact) mass is 861 g/mol. The SMILES string of the molecule is C.Cc1cc(-c2nnc(Br)s2)nc2c(C(C)(C)C)cc(C3CC3)cc12.Cc1cc(-c2nnc(NCC[C@H](C)O)s2)nc2c(C(C)(C)C)cc(C3CC3)cc12.S. The molecule has 0 spiro atoms. The molecule has 6 aromatic rings. The maximum Gasteiger partial charge on any atom is 0.206 e. The van der Waals surface area contributed by atoms with Crippen LogP contribution in [0.5, 0.6) is 0 Å². The fourth-order valence-electron chi connectivity index (χ4n) is 6.79. The summed E-state index contributed by atoms with van der Waals surface area (Å²) in [6.45, 7) is 20.4. The summed E-state index contributed by atoms with van der Waals surface area (Å²) in [6, 6.07) is 13.7. The van der Waals surface area contributed by atoms with Crippen molar-refractivity contribution in [1.82, 2.24) is 30.4 Å².